The number of imide groups is 1. The second kappa shape index (κ2) is 3.91. The molecule has 0 bridgehead atoms. The maximum absolute atomic E-state index is 12.1. The second-order valence-electron chi connectivity index (χ2n) is 3.68. The van der Waals surface area contributed by atoms with Gasteiger partial charge in [0.05, 0.1) is 12.9 Å². The first-order chi connectivity index (χ1) is 7.59. The van der Waals surface area contributed by atoms with Crippen molar-refractivity contribution in [3.05, 3.63) is 12.0 Å². The molecule has 1 aliphatic rings. The summed E-state index contributed by atoms with van der Waals surface area (Å²) in [4.78, 5) is 30.4. The molecule has 1 aromatic heterocycles. The number of nitrogens with one attached hydrogen (secondary N) is 2. The molecule has 0 fully saturated rings. The molecule has 1 aromatic rings. The van der Waals surface area contributed by atoms with Gasteiger partial charge in [-0.3, -0.25) is 9.21 Å². The van der Waals surface area contributed by atoms with E-state index in [1.165, 1.54) is 6.33 Å². The average Bonchev–Trinajstić information content (AvgIpc) is 2.71. The van der Waals surface area contributed by atoms with E-state index < -0.39 is 15.8 Å². The van der Waals surface area contributed by atoms with Gasteiger partial charge in [0.2, 0.25) is 0 Å². The predicted molar refractivity (Wildman–Crippen MR) is 59.3 cm³/mol. The number of fused-ring (bicyclic) bond motifs is 1. The number of anilines is 1. The predicted octanol–water partition coefficient (Wildman–Crippen LogP) is 1.17. The van der Waals surface area contributed by atoms with E-state index in [4.69, 9.17) is 12.8 Å². The van der Waals surface area contributed by atoms with E-state index in [0.717, 1.165) is 12.8 Å². The number of quaternary nitrogens is 1. The Hall–Kier alpha value is -1.34. The van der Waals surface area contributed by atoms with Gasteiger partial charge in [-0.15, -0.1) is 0 Å². The van der Waals surface area contributed by atoms with Crippen LogP contribution in [0.4, 0.5) is 10.6 Å². The summed E-state index contributed by atoms with van der Waals surface area (Å²) in [5.74, 6) is -0.134. The quantitative estimate of drug-likeness (QED) is 0.614. The fourth-order valence-corrected chi connectivity index (χ4v) is 1.87. The number of carbonyl (C=O) groups is 2. The van der Waals surface area contributed by atoms with Crippen LogP contribution >= 0.6 is 0 Å². The van der Waals surface area contributed by atoms with Crippen molar-refractivity contribution in [2.24, 2.45) is 0 Å². The molecule has 3 amide bonds. The summed E-state index contributed by atoms with van der Waals surface area (Å²) in [6, 6.07) is -0.493. The third-order valence-corrected chi connectivity index (χ3v) is 3.08. The first-order valence-corrected chi connectivity index (χ1v) is 5.45. The summed E-state index contributed by atoms with van der Waals surface area (Å²) in [5, 5.41) is 2.54. The zero-order valence-electron chi connectivity index (χ0n) is 8.82. The van der Waals surface area contributed by atoms with Crippen LogP contribution in [-0.4, -0.2) is 32.3 Å². The van der Waals surface area contributed by atoms with Crippen LogP contribution in [0.25, 0.3) is 0 Å². The van der Waals surface area contributed by atoms with Gasteiger partial charge in [-0.25, -0.2) is 14.6 Å². The van der Waals surface area contributed by atoms with E-state index in [2.05, 4.69) is 15.3 Å². The zero-order chi connectivity index (χ0) is 11.8. The summed E-state index contributed by atoms with van der Waals surface area (Å²) < 4.78 is -0.650. The van der Waals surface area contributed by atoms with Gasteiger partial charge >= 0.3 is 11.9 Å². The Morgan fingerprint density at radius 3 is 2.94 bits per heavy atom. The molecule has 0 saturated heterocycles. The second-order valence-corrected chi connectivity index (χ2v) is 4.30. The van der Waals surface area contributed by atoms with Gasteiger partial charge in [-0.2, -0.15) is 0 Å². The van der Waals surface area contributed by atoms with Crippen LogP contribution in [0.3, 0.4) is 0 Å². The molecule has 0 radical (unpaired) electrons. The number of aromatic nitrogens is 2. The first kappa shape index (κ1) is 11.2. The topological polar surface area (TPSA) is 74.8 Å². The minimum atomic E-state index is -0.650. The monoisotopic (exact) mass is 240 g/mol. The first-order valence-electron chi connectivity index (χ1n) is 5.08. The maximum Gasteiger partial charge on any atom is 0.412 e. The van der Waals surface area contributed by atoms with Crippen molar-refractivity contribution in [3.63, 3.8) is 0 Å². The summed E-state index contributed by atoms with van der Waals surface area (Å²) in [6.07, 6.45) is 2.98. The van der Waals surface area contributed by atoms with Crippen molar-refractivity contribution in [2.75, 3.05) is 11.9 Å². The molecule has 0 aromatic carbocycles. The van der Waals surface area contributed by atoms with E-state index in [-0.39, 0.29) is 11.5 Å². The average molecular weight is 240 g/mol. The van der Waals surface area contributed by atoms with E-state index >= 15 is 0 Å². The van der Waals surface area contributed by atoms with Crippen molar-refractivity contribution in [2.45, 2.75) is 19.8 Å². The number of imidazole rings is 1. The van der Waals surface area contributed by atoms with E-state index in [0.29, 0.717) is 6.54 Å². The highest BCUT2D eigenvalue weighted by atomic mass is 32.1. The normalized spacial score (nSPS) is 24.1. The summed E-state index contributed by atoms with van der Waals surface area (Å²) in [5.41, 5.74) is 0.283. The van der Waals surface area contributed by atoms with Crippen molar-refractivity contribution >= 4 is 30.6 Å². The van der Waals surface area contributed by atoms with Crippen LogP contribution in [0.5, 0.6) is 0 Å². The minimum absolute atomic E-state index is 0.269. The van der Waals surface area contributed by atoms with Crippen molar-refractivity contribution in [1.82, 2.24) is 9.97 Å². The maximum atomic E-state index is 12.1. The van der Waals surface area contributed by atoms with E-state index in [1.54, 1.807) is 0 Å². The molecular formula is C9H12N4O2S. The Kier molecular flexibility index (Phi) is 2.73. The molecule has 2 N–H and O–H groups in total. The van der Waals surface area contributed by atoms with Crippen molar-refractivity contribution in [1.29, 1.82) is 0 Å². The van der Waals surface area contributed by atoms with Crippen LogP contribution in [0, 0.1) is 0 Å². The summed E-state index contributed by atoms with van der Waals surface area (Å²) in [6.45, 7) is 2.31. The highest BCUT2D eigenvalue weighted by Gasteiger charge is 2.42. The van der Waals surface area contributed by atoms with Gasteiger partial charge in [0.1, 0.15) is 0 Å². The van der Waals surface area contributed by atoms with Crippen molar-refractivity contribution in [3.8, 4) is 0 Å². The fourth-order valence-electron chi connectivity index (χ4n) is 1.60. The number of unbranched alkanes of at least 4 members (excludes halogenated alkanes) is 1. The zero-order valence-corrected chi connectivity index (χ0v) is 9.63. The van der Waals surface area contributed by atoms with Gasteiger partial charge in [0, 0.05) is 0 Å². The third-order valence-electron chi connectivity index (χ3n) is 2.56. The Morgan fingerprint density at radius 1 is 1.50 bits per heavy atom. The number of urea groups is 1. The molecule has 6 nitrogen and oxygen atoms in total. The lowest BCUT2D eigenvalue weighted by Crippen LogP contribution is -2.58. The Labute approximate surface area is 98.2 Å². The molecule has 0 saturated carbocycles. The summed E-state index contributed by atoms with van der Waals surface area (Å²) >= 11 is 5.13. The van der Waals surface area contributed by atoms with Crippen LogP contribution in [0.2, 0.25) is 0 Å². The number of nitrogens with zero attached hydrogens (tertiary/aromatic N) is 2. The molecule has 7 heteroatoms. The molecule has 0 aliphatic carbocycles. The van der Waals surface area contributed by atoms with Crippen molar-refractivity contribution < 1.29 is 13.5 Å². The Morgan fingerprint density at radius 2 is 2.25 bits per heavy atom. The van der Waals surface area contributed by atoms with Crippen LogP contribution < -0.4 is 5.32 Å². The summed E-state index contributed by atoms with van der Waals surface area (Å²) in [7, 11) is 0. The number of rotatable bonds is 3. The van der Waals surface area contributed by atoms with Crippen LogP contribution in [0.1, 0.15) is 30.3 Å². The van der Waals surface area contributed by atoms with Gasteiger partial charge in [-0.1, -0.05) is 13.3 Å². The van der Waals surface area contributed by atoms with Gasteiger partial charge in [-0.05, 0) is 6.42 Å². The number of amides is 3. The molecule has 2 rings (SSSR count). The highest BCUT2D eigenvalue weighted by Crippen LogP contribution is 2.25. The molecule has 0 spiro atoms. The lowest BCUT2D eigenvalue weighted by Gasteiger charge is -2.39. The largest absolute Gasteiger partial charge is 0.473 e. The number of hydrogen-bond acceptors (Lipinski definition) is 4. The molecule has 1 unspecified atom stereocenters. The molecule has 1 atom stereocenters. The van der Waals surface area contributed by atoms with Crippen LogP contribution in [-0.2, 0) is 12.8 Å². The van der Waals surface area contributed by atoms with E-state index in [9.17, 15) is 9.59 Å². The molecule has 16 heavy (non-hydrogen) atoms. The Balaban J connectivity index is 2.35. The lowest BCUT2D eigenvalue weighted by atomic mass is 10.2. The standard InChI is InChI=1S/C9H12N4O2S/c1-2-3-4-13(16)8(14)6-7(11-5-10-6)12-9(13)15/h5H,2-4H2,1H3,(H,10,11)(H,12,15). The number of aromatic amines is 1. The molecular weight excluding hydrogens is 228 g/mol. The Bertz CT molecular complexity index is 444. The van der Waals surface area contributed by atoms with E-state index in [1.807, 2.05) is 6.92 Å². The number of carbonyl (C=O) groups excluding carboxylic acids is 2. The van der Waals surface area contributed by atoms with Crippen LogP contribution in [0.15, 0.2) is 6.33 Å². The number of hydrogen-bond donors (Lipinski definition) is 2. The molecule has 2 heterocycles. The third kappa shape index (κ3) is 1.52. The fraction of sp³-hybridized carbons (Fsp3) is 0.444. The molecule has 86 valence electrons. The highest BCUT2D eigenvalue weighted by molar-refractivity contribution is 7.53. The van der Waals surface area contributed by atoms with Gasteiger partial charge in [0.15, 0.2) is 11.5 Å². The molecule has 1 aliphatic heterocycles. The SMILES string of the molecule is CCCC[N+]1([S-])C(=O)Nc2nc[nH]c2C1=O. The van der Waals surface area contributed by atoms with Gasteiger partial charge < -0.3 is 17.8 Å². The lowest BCUT2D eigenvalue weighted by molar-refractivity contribution is -0.615. The van der Waals surface area contributed by atoms with Gasteiger partial charge in [0.25, 0.3) is 0 Å². The minimum Gasteiger partial charge on any atom is -0.473 e. The smallest absolute Gasteiger partial charge is 0.412 e. The number of H-pyrrole nitrogens is 1.